The molecule has 0 saturated carbocycles. The van der Waals surface area contributed by atoms with Gasteiger partial charge in [-0.15, -0.1) is 0 Å². The summed E-state index contributed by atoms with van der Waals surface area (Å²) in [7, 11) is -4.38. The van der Waals surface area contributed by atoms with E-state index >= 15 is 0 Å². The molecule has 1 aliphatic rings. The number of aliphatic carboxylic acids is 1. The van der Waals surface area contributed by atoms with Crippen LogP contribution in [0.1, 0.15) is 11.1 Å². The molecule has 1 atom stereocenters. The number of rotatable bonds is 7. The van der Waals surface area contributed by atoms with E-state index in [-0.39, 0.29) is 18.7 Å². The molecular formula is C18H16BrN3O7S. The van der Waals surface area contributed by atoms with Crippen molar-refractivity contribution >= 4 is 43.7 Å². The highest BCUT2D eigenvalue weighted by Gasteiger charge is 2.50. The van der Waals surface area contributed by atoms with Crippen LogP contribution in [0.2, 0.25) is 0 Å². The third kappa shape index (κ3) is 4.50. The quantitative estimate of drug-likeness (QED) is 0.455. The van der Waals surface area contributed by atoms with E-state index in [1.54, 1.807) is 24.3 Å². The normalized spacial score (nSPS) is 18.5. The molecule has 0 unspecified atom stereocenters. The van der Waals surface area contributed by atoms with Crippen LogP contribution in [-0.2, 0) is 32.8 Å². The van der Waals surface area contributed by atoms with Gasteiger partial charge in [0.1, 0.15) is 12.6 Å². The first-order valence-electron chi connectivity index (χ1n) is 8.62. The second-order valence-corrected chi connectivity index (χ2v) is 9.28. The molecule has 1 amide bonds. The molecule has 3 rings (SSSR count). The molecule has 30 heavy (non-hydrogen) atoms. The summed E-state index contributed by atoms with van der Waals surface area (Å²) >= 11 is 3.30. The minimum atomic E-state index is -4.38. The van der Waals surface area contributed by atoms with Crippen molar-refractivity contribution < 1.29 is 28.0 Å². The van der Waals surface area contributed by atoms with Crippen molar-refractivity contribution in [3.05, 3.63) is 74.2 Å². The van der Waals surface area contributed by atoms with Gasteiger partial charge in [0.25, 0.3) is 11.6 Å². The van der Waals surface area contributed by atoms with Gasteiger partial charge >= 0.3 is 16.2 Å². The molecule has 1 aliphatic heterocycles. The number of hydrogen-bond acceptors (Lipinski definition) is 6. The number of carboxylic acid groups (broad SMARTS) is 1. The minimum absolute atomic E-state index is 0.0500. The lowest BCUT2D eigenvalue weighted by Gasteiger charge is -2.20. The smallest absolute Gasteiger partial charge is 0.324 e. The topological polar surface area (TPSA) is 138 Å². The van der Waals surface area contributed by atoms with Crippen LogP contribution in [0.4, 0.5) is 5.69 Å². The first-order chi connectivity index (χ1) is 14.1. The number of amides is 1. The number of nitro groups is 1. The van der Waals surface area contributed by atoms with E-state index in [9.17, 15) is 28.1 Å². The predicted octanol–water partition coefficient (Wildman–Crippen LogP) is 1.94. The van der Waals surface area contributed by atoms with Crippen molar-refractivity contribution in [1.82, 2.24) is 8.61 Å². The van der Waals surface area contributed by atoms with Crippen LogP contribution in [-0.4, -0.2) is 51.5 Å². The number of hydrogen-bond donors (Lipinski definition) is 1. The zero-order valence-corrected chi connectivity index (χ0v) is 17.7. The number of non-ortho nitro benzene ring substituents is 1. The molecule has 0 radical (unpaired) electrons. The zero-order valence-electron chi connectivity index (χ0n) is 15.3. The Labute approximate surface area is 180 Å². The summed E-state index contributed by atoms with van der Waals surface area (Å²) in [6.45, 7) is -1.21. The molecule has 1 heterocycles. The Balaban J connectivity index is 1.95. The summed E-state index contributed by atoms with van der Waals surface area (Å²) in [6, 6.07) is 11.1. The van der Waals surface area contributed by atoms with Crippen molar-refractivity contribution in [1.29, 1.82) is 0 Å². The third-order valence-electron chi connectivity index (χ3n) is 4.56. The van der Waals surface area contributed by atoms with Crippen LogP contribution in [0.15, 0.2) is 53.0 Å². The van der Waals surface area contributed by atoms with Crippen LogP contribution in [0, 0.1) is 10.1 Å². The number of nitrogens with zero attached hydrogens (tertiary/aromatic N) is 3. The van der Waals surface area contributed by atoms with E-state index in [1.165, 1.54) is 24.3 Å². The molecule has 1 N–H and O–H groups in total. The number of benzene rings is 2. The highest BCUT2D eigenvalue weighted by atomic mass is 79.9. The van der Waals surface area contributed by atoms with E-state index in [2.05, 4.69) is 15.9 Å². The summed E-state index contributed by atoms with van der Waals surface area (Å²) in [5, 5.41) is 19.9. The minimum Gasteiger partial charge on any atom is -0.480 e. The van der Waals surface area contributed by atoms with E-state index in [0.29, 0.717) is 15.4 Å². The van der Waals surface area contributed by atoms with E-state index < -0.39 is 39.6 Å². The van der Waals surface area contributed by atoms with Gasteiger partial charge in [-0.3, -0.25) is 19.7 Å². The van der Waals surface area contributed by atoms with Crippen LogP contribution in [0.25, 0.3) is 0 Å². The fourth-order valence-corrected chi connectivity index (χ4v) is 5.04. The van der Waals surface area contributed by atoms with Gasteiger partial charge in [-0.25, -0.2) is 4.31 Å². The van der Waals surface area contributed by atoms with E-state index in [4.69, 9.17) is 5.11 Å². The van der Waals surface area contributed by atoms with Crippen LogP contribution < -0.4 is 0 Å². The summed E-state index contributed by atoms with van der Waals surface area (Å²) in [6.07, 6.45) is 0.0500. The van der Waals surface area contributed by atoms with Gasteiger partial charge in [0.2, 0.25) is 0 Å². The summed E-state index contributed by atoms with van der Waals surface area (Å²) < 4.78 is 27.9. The van der Waals surface area contributed by atoms with Gasteiger partial charge in [-0.05, 0) is 29.7 Å². The molecule has 0 aliphatic carbocycles. The Morgan fingerprint density at radius 2 is 1.67 bits per heavy atom. The maximum atomic E-state index is 12.9. The molecule has 12 heteroatoms. The first kappa shape index (κ1) is 21.9. The maximum Gasteiger partial charge on any atom is 0.324 e. The fraction of sp³-hybridized carbons (Fsp3) is 0.222. The lowest BCUT2D eigenvalue weighted by Crippen LogP contribution is -2.37. The SMILES string of the molecule is O=C(O)CN1C(=O)[C@H](Cc2ccc(Br)cc2)N(Cc2ccc([N+](=O)[O-])cc2)S1(=O)=O. The van der Waals surface area contributed by atoms with Gasteiger partial charge in [-0.2, -0.15) is 12.7 Å². The van der Waals surface area contributed by atoms with E-state index in [0.717, 1.165) is 8.78 Å². The van der Waals surface area contributed by atoms with Gasteiger partial charge in [-0.1, -0.05) is 40.2 Å². The maximum absolute atomic E-state index is 12.9. The lowest BCUT2D eigenvalue weighted by atomic mass is 10.0. The van der Waals surface area contributed by atoms with Crippen molar-refractivity contribution in [2.24, 2.45) is 0 Å². The van der Waals surface area contributed by atoms with Gasteiger partial charge < -0.3 is 5.11 Å². The van der Waals surface area contributed by atoms with Crippen molar-refractivity contribution in [3.63, 3.8) is 0 Å². The van der Waals surface area contributed by atoms with Gasteiger partial charge in [0, 0.05) is 23.2 Å². The molecule has 10 nitrogen and oxygen atoms in total. The van der Waals surface area contributed by atoms with Crippen LogP contribution in [0.5, 0.6) is 0 Å². The first-order valence-corrected chi connectivity index (χ1v) is 10.8. The molecule has 0 aromatic heterocycles. The summed E-state index contributed by atoms with van der Waals surface area (Å²) in [4.78, 5) is 34.2. The Morgan fingerprint density at radius 3 is 2.20 bits per heavy atom. The molecule has 2 aromatic rings. The molecule has 2 aromatic carbocycles. The average Bonchev–Trinajstić information content (AvgIpc) is 2.85. The summed E-state index contributed by atoms with van der Waals surface area (Å²) in [5.41, 5.74) is 0.964. The monoisotopic (exact) mass is 497 g/mol. The second-order valence-electron chi connectivity index (χ2n) is 6.56. The number of carbonyl (C=O) groups is 2. The molecule has 1 fully saturated rings. The Morgan fingerprint density at radius 1 is 1.10 bits per heavy atom. The Bertz CT molecular complexity index is 1090. The lowest BCUT2D eigenvalue weighted by molar-refractivity contribution is -0.384. The van der Waals surface area contributed by atoms with E-state index in [1.807, 2.05) is 0 Å². The Hall–Kier alpha value is -2.83. The Kier molecular flexibility index (Phi) is 6.19. The number of nitro benzene ring substituents is 1. The highest BCUT2D eigenvalue weighted by Crippen LogP contribution is 2.29. The van der Waals surface area contributed by atoms with Gasteiger partial charge in [0.15, 0.2) is 0 Å². The van der Waals surface area contributed by atoms with Gasteiger partial charge in [0.05, 0.1) is 4.92 Å². The molecule has 0 bridgehead atoms. The number of carbonyl (C=O) groups excluding carboxylic acids is 1. The number of carboxylic acids is 1. The molecule has 1 saturated heterocycles. The van der Waals surface area contributed by atoms with Crippen LogP contribution >= 0.6 is 15.9 Å². The van der Waals surface area contributed by atoms with Crippen molar-refractivity contribution in [2.75, 3.05) is 6.54 Å². The zero-order chi connectivity index (χ0) is 22.1. The standard InChI is InChI=1S/C18H16BrN3O7S/c19-14-5-1-12(2-6-14)9-16-18(25)21(11-17(23)24)30(28,29)20(16)10-13-3-7-15(8-4-13)22(26)27/h1-8,16H,9-11H2,(H,23,24)/t16-/m0/s1. The molecule has 158 valence electrons. The average molecular weight is 498 g/mol. The largest absolute Gasteiger partial charge is 0.480 e. The second kappa shape index (κ2) is 8.50. The molecular weight excluding hydrogens is 482 g/mol. The fourth-order valence-electron chi connectivity index (χ4n) is 3.10. The van der Waals surface area contributed by atoms with Crippen molar-refractivity contribution in [2.45, 2.75) is 19.0 Å². The third-order valence-corrected chi connectivity index (χ3v) is 6.93. The number of halogens is 1. The molecule has 0 spiro atoms. The summed E-state index contributed by atoms with van der Waals surface area (Å²) in [5.74, 6) is -2.28. The van der Waals surface area contributed by atoms with Crippen molar-refractivity contribution in [3.8, 4) is 0 Å². The predicted molar refractivity (Wildman–Crippen MR) is 109 cm³/mol. The van der Waals surface area contributed by atoms with Crippen LogP contribution in [0.3, 0.4) is 0 Å². The highest BCUT2D eigenvalue weighted by molar-refractivity contribution is 9.10.